The van der Waals surface area contributed by atoms with Crippen LogP contribution < -0.4 is 21.4 Å². The molecule has 0 radical (unpaired) electrons. The number of ether oxygens (including phenoxy) is 2. The van der Waals surface area contributed by atoms with Crippen LogP contribution in [-0.2, 0) is 22.6 Å². The third-order valence-corrected chi connectivity index (χ3v) is 5.89. The Bertz CT molecular complexity index is 1340. The normalized spacial score (nSPS) is 11.9. The molecule has 3 aromatic rings. The number of carbonyl (C=O) groups is 1. The maximum Gasteiger partial charge on any atom is 0.354 e. The predicted octanol–water partition coefficient (Wildman–Crippen LogP) is 4.49. The van der Waals surface area contributed by atoms with E-state index in [1.807, 2.05) is 13.8 Å². The van der Waals surface area contributed by atoms with Crippen molar-refractivity contribution in [2.75, 3.05) is 12.4 Å². The van der Waals surface area contributed by atoms with Crippen molar-refractivity contribution in [3.8, 4) is 5.75 Å². The van der Waals surface area contributed by atoms with E-state index in [-0.39, 0.29) is 31.6 Å². The molecule has 0 bridgehead atoms. The van der Waals surface area contributed by atoms with Gasteiger partial charge in [-0.15, -0.1) is 0 Å². The molecule has 0 spiro atoms. The Kier molecular flexibility index (Phi) is 9.17. The Labute approximate surface area is 218 Å². The molecule has 1 atom stereocenters. The molecule has 0 saturated heterocycles. The highest BCUT2D eigenvalue weighted by Gasteiger charge is 2.18. The Balaban J connectivity index is 2.00. The molecule has 0 fully saturated rings. The van der Waals surface area contributed by atoms with Crippen LogP contribution >= 0.6 is 23.2 Å². The van der Waals surface area contributed by atoms with Crippen LogP contribution in [-0.4, -0.2) is 33.3 Å². The maximum absolute atomic E-state index is 13.4. The standard InChI is InChI=1S/C25H28Cl2N4O5/c1-15(2)36-21-10-9-19(13-20(21)27)28-23-29-24(33)30(12-11-16(3)22(32)35-4)25(34)31(23)14-17-5-7-18(26)8-6-17/h5-10,13,15-16H,11-12,14H2,1-4H3,(H,28,29,33)/t16-/m0/s1. The number of methoxy groups -OCH3 is 1. The molecular formula is C25H28Cl2N4O5. The lowest BCUT2D eigenvalue weighted by Crippen LogP contribution is -2.43. The molecule has 0 aliphatic heterocycles. The third kappa shape index (κ3) is 6.89. The lowest BCUT2D eigenvalue weighted by molar-refractivity contribution is -0.145. The summed E-state index contributed by atoms with van der Waals surface area (Å²) in [6.45, 7) is 5.59. The molecule has 9 nitrogen and oxygen atoms in total. The van der Waals surface area contributed by atoms with E-state index >= 15 is 0 Å². The van der Waals surface area contributed by atoms with Crippen LogP contribution in [0.15, 0.2) is 52.1 Å². The summed E-state index contributed by atoms with van der Waals surface area (Å²) in [5.74, 6) is -0.347. The first-order chi connectivity index (χ1) is 17.1. The van der Waals surface area contributed by atoms with Crippen molar-refractivity contribution >= 4 is 40.8 Å². The van der Waals surface area contributed by atoms with E-state index in [1.54, 1.807) is 49.4 Å². The number of esters is 1. The van der Waals surface area contributed by atoms with E-state index in [1.165, 1.54) is 11.7 Å². The van der Waals surface area contributed by atoms with Crippen LogP contribution in [0.1, 0.15) is 32.8 Å². The van der Waals surface area contributed by atoms with Crippen LogP contribution in [0.5, 0.6) is 5.75 Å². The molecule has 0 amide bonds. The number of benzene rings is 2. The number of nitrogens with zero attached hydrogens (tertiary/aromatic N) is 3. The SMILES string of the molecule is COC(=O)[C@@H](C)CCn1c(=O)nc(Nc2ccc(OC(C)C)c(Cl)c2)n(Cc2ccc(Cl)cc2)c1=O. The Morgan fingerprint density at radius 2 is 1.75 bits per heavy atom. The average Bonchev–Trinajstić information content (AvgIpc) is 2.83. The monoisotopic (exact) mass is 534 g/mol. The molecule has 0 aliphatic rings. The first-order valence-electron chi connectivity index (χ1n) is 11.4. The minimum absolute atomic E-state index is 0.00883. The molecule has 36 heavy (non-hydrogen) atoms. The number of rotatable bonds is 10. The lowest BCUT2D eigenvalue weighted by atomic mass is 10.1. The molecule has 1 heterocycles. The van der Waals surface area contributed by atoms with Crippen molar-refractivity contribution in [3.63, 3.8) is 0 Å². The smallest absolute Gasteiger partial charge is 0.354 e. The number of aromatic nitrogens is 3. The Hall–Kier alpha value is -3.30. The lowest BCUT2D eigenvalue weighted by Gasteiger charge is -2.17. The first-order valence-corrected chi connectivity index (χ1v) is 12.1. The van der Waals surface area contributed by atoms with E-state index < -0.39 is 23.3 Å². The third-order valence-electron chi connectivity index (χ3n) is 5.34. The number of carbonyl (C=O) groups excluding carboxylic acids is 1. The van der Waals surface area contributed by atoms with Crippen LogP contribution in [0.25, 0.3) is 0 Å². The molecule has 1 N–H and O–H groups in total. The zero-order valence-corrected chi connectivity index (χ0v) is 22.0. The summed E-state index contributed by atoms with van der Waals surface area (Å²) < 4.78 is 12.7. The van der Waals surface area contributed by atoms with Gasteiger partial charge < -0.3 is 14.8 Å². The molecule has 1 aromatic heterocycles. The van der Waals surface area contributed by atoms with Crippen molar-refractivity contribution in [3.05, 3.63) is 79.0 Å². The minimum atomic E-state index is -0.738. The topological polar surface area (TPSA) is 104 Å². The van der Waals surface area contributed by atoms with Crippen LogP contribution in [0, 0.1) is 5.92 Å². The van der Waals surface area contributed by atoms with Gasteiger partial charge in [-0.05, 0) is 56.2 Å². The van der Waals surface area contributed by atoms with Crippen molar-refractivity contribution < 1.29 is 14.3 Å². The van der Waals surface area contributed by atoms with E-state index in [4.69, 9.17) is 32.7 Å². The quantitative estimate of drug-likeness (QED) is 0.382. The summed E-state index contributed by atoms with van der Waals surface area (Å²) in [6, 6.07) is 12.0. The molecule has 0 unspecified atom stereocenters. The second kappa shape index (κ2) is 12.1. The van der Waals surface area contributed by atoms with Gasteiger partial charge in [-0.25, -0.2) is 14.2 Å². The van der Waals surface area contributed by atoms with Gasteiger partial charge in [0.15, 0.2) is 0 Å². The molecule has 0 aliphatic carbocycles. The molecule has 11 heteroatoms. The Morgan fingerprint density at radius 3 is 2.36 bits per heavy atom. The largest absolute Gasteiger partial charge is 0.489 e. The number of nitrogens with one attached hydrogen (secondary N) is 1. The fourth-order valence-electron chi connectivity index (χ4n) is 3.43. The highest BCUT2D eigenvalue weighted by atomic mass is 35.5. The number of hydrogen-bond acceptors (Lipinski definition) is 7. The van der Waals surface area contributed by atoms with Crippen molar-refractivity contribution in [2.24, 2.45) is 5.92 Å². The number of hydrogen-bond donors (Lipinski definition) is 1. The van der Waals surface area contributed by atoms with Gasteiger partial charge in [-0.1, -0.05) is 42.3 Å². The van der Waals surface area contributed by atoms with Gasteiger partial charge in [0, 0.05) is 17.3 Å². The summed E-state index contributed by atoms with van der Waals surface area (Å²) >= 11 is 12.3. The average molecular weight is 535 g/mol. The van der Waals surface area contributed by atoms with Gasteiger partial charge in [0.2, 0.25) is 5.95 Å². The van der Waals surface area contributed by atoms with E-state index in [0.29, 0.717) is 21.5 Å². The highest BCUT2D eigenvalue weighted by Crippen LogP contribution is 2.29. The first kappa shape index (κ1) is 27.3. The highest BCUT2D eigenvalue weighted by molar-refractivity contribution is 6.32. The molecule has 2 aromatic carbocycles. The van der Waals surface area contributed by atoms with Crippen LogP contribution in [0.4, 0.5) is 11.6 Å². The van der Waals surface area contributed by atoms with Crippen LogP contribution in [0.2, 0.25) is 10.0 Å². The molecular weight excluding hydrogens is 507 g/mol. The Morgan fingerprint density at radius 1 is 1.06 bits per heavy atom. The second-order valence-electron chi connectivity index (χ2n) is 8.51. The minimum Gasteiger partial charge on any atom is -0.489 e. The second-order valence-corrected chi connectivity index (χ2v) is 9.36. The van der Waals surface area contributed by atoms with Crippen molar-refractivity contribution in [2.45, 2.75) is 46.4 Å². The van der Waals surface area contributed by atoms with Gasteiger partial charge in [0.25, 0.3) is 0 Å². The van der Waals surface area contributed by atoms with Gasteiger partial charge in [0.05, 0.1) is 30.7 Å². The zero-order chi connectivity index (χ0) is 26.4. The number of halogens is 2. The summed E-state index contributed by atoms with van der Waals surface area (Å²) in [6.07, 6.45) is 0.187. The van der Waals surface area contributed by atoms with E-state index in [9.17, 15) is 14.4 Å². The van der Waals surface area contributed by atoms with Crippen LogP contribution in [0.3, 0.4) is 0 Å². The summed E-state index contributed by atoms with van der Waals surface area (Å²) in [7, 11) is 1.29. The number of anilines is 2. The maximum atomic E-state index is 13.4. The summed E-state index contributed by atoms with van der Waals surface area (Å²) in [5, 5.41) is 3.95. The van der Waals surface area contributed by atoms with E-state index in [2.05, 4.69) is 10.3 Å². The fourth-order valence-corrected chi connectivity index (χ4v) is 3.78. The predicted molar refractivity (Wildman–Crippen MR) is 140 cm³/mol. The van der Waals surface area contributed by atoms with Gasteiger partial charge in [-0.3, -0.25) is 9.36 Å². The molecule has 3 rings (SSSR count). The van der Waals surface area contributed by atoms with E-state index in [0.717, 1.165) is 10.1 Å². The van der Waals surface area contributed by atoms with Gasteiger partial charge in [-0.2, -0.15) is 4.98 Å². The van der Waals surface area contributed by atoms with Crippen molar-refractivity contribution in [1.29, 1.82) is 0 Å². The fraction of sp³-hybridized carbons (Fsp3) is 0.360. The van der Waals surface area contributed by atoms with Crippen molar-refractivity contribution in [1.82, 2.24) is 14.1 Å². The zero-order valence-electron chi connectivity index (χ0n) is 20.5. The molecule has 192 valence electrons. The van der Waals surface area contributed by atoms with Gasteiger partial charge in [0.1, 0.15) is 5.75 Å². The summed E-state index contributed by atoms with van der Waals surface area (Å²) in [5.41, 5.74) is -0.0179. The van der Waals surface area contributed by atoms with Gasteiger partial charge >= 0.3 is 17.3 Å². The summed E-state index contributed by atoms with van der Waals surface area (Å²) in [4.78, 5) is 42.1. The molecule has 0 saturated carbocycles.